The molecule has 1 aliphatic rings. The Balaban J connectivity index is 1.99. The molecule has 0 aliphatic heterocycles. The molecule has 3 nitrogen and oxygen atoms in total. The maximum Gasteiger partial charge on any atom is 0.255 e. The third-order valence-corrected chi connectivity index (χ3v) is 4.18. The fourth-order valence-corrected chi connectivity index (χ4v) is 2.84. The number of phenolic OH excluding ortho intramolecular Hbond substituents is 1. The number of halogens is 1. The van der Waals surface area contributed by atoms with Crippen molar-refractivity contribution in [2.45, 2.75) is 32.6 Å². The molecule has 0 aromatic heterocycles. The average molecular weight is 312 g/mol. The fourth-order valence-electron chi connectivity index (χ4n) is 2.49. The van der Waals surface area contributed by atoms with Crippen LogP contribution in [0.25, 0.3) is 0 Å². The maximum absolute atomic E-state index is 12.0. The van der Waals surface area contributed by atoms with E-state index >= 15 is 0 Å². The van der Waals surface area contributed by atoms with Crippen molar-refractivity contribution in [1.82, 2.24) is 5.32 Å². The Morgan fingerprint density at radius 2 is 2.11 bits per heavy atom. The minimum Gasteiger partial charge on any atom is -0.507 e. The molecule has 0 saturated heterocycles. The van der Waals surface area contributed by atoms with Gasteiger partial charge in [-0.15, -0.1) is 0 Å². The van der Waals surface area contributed by atoms with Crippen molar-refractivity contribution in [3.63, 3.8) is 0 Å². The highest BCUT2D eigenvalue weighted by molar-refractivity contribution is 9.10. The van der Waals surface area contributed by atoms with E-state index in [4.69, 9.17) is 0 Å². The van der Waals surface area contributed by atoms with E-state index in [9.17, 15) is 9.90 Å². The maximum atomic E-state index is 12.0. The molecule has 0 atom stereocenters. The average Bonchev–Trinajstić information content (AvgIpc) is 2.74. The summed E-state index contributed by atoms with van der Waals surface area (Å²) in [4.78, 5) is 12.0. The van der Waals surface area contributed by atoms with Crippen molar-refractivity contribution in [3.8, 4) is 5.75 Å². The number of amides is 1. The first-order valence-electron chi connectivity index (χ1n) is 6.27. The van der Waals surface area contributed by atoms with Crippen molar-refractivity contribution < 1.29 is 9.90 Å². The van der Waals surface area contributed by atoms with Crippen LogP contribution in [0, 0.1) is 5.41 Å². The van der Waals surface area contributed by atoms with E-state index in [1.54, 1.807) is 12.1 Å². The van der Waals surface area contributed by atoms with E-state index in [1.165, 1.54) is 31.7 Å². The quantitative estimate of drug-likeness (QED) is 0.898. The summed E-state index contributed by atoms with van der Waals surface area (Å²) in [5, 5.41) is 12.7. The third-order valence-electron chi connectivity index (χ3n) is 3.69. The number of hydrogen-bond donors (Lipinski definition) is 2. The molecule has 4 heteroatoms. The van der Waals surface area contributed by atoms with Crippen LogP contribution in [0.5, 0.6) is 5.75 Å². The van der Waals surface area contributed by atoms with Crippen LogP contribution in [0.1, 0.15) is 43.0 Å². The molecule has 2 N–H and O–H groups in total. The lowest BCUT2D eigenvalue weighted by molar-refractivity contribution is 0.0931. The molecule has 1 fully saturated rings. The third kappa shape index (κ3) is 3.05. The van der Waals surface area contributed by atoms with Crippen molar-refractivity contribution in [2.24, 2.45) is 5.41 Å². The molecule has 1 amide bonds. The van der Waals surface area contributed by atoms with Gasteiger partial charge in [0.15, 0.2) is 0 Å². The Labute approximate surface area is 116 Å². The minimum absolute atomic E-state index is 0.0125. The van der Waals surface area contributed by atoms with Crippen molar-refractivity contribution in [1.29, 1.82) is 0 Å². The van der Waals surface area contributed by atoms with Crippen LogP contribution in [0.15, 0.2) is 22.7 Å². The molecule has 1 saturated carbocycles. The SMILES string of the molecule is CC1(CNC(=O)c2ccc(Br)cc2O)CCCC1. The molecule has 0 radical (unpaired) electrons. The lowest BCUT2D eigenvalue weighted by atomic mass is 9.89. The molecular formula is C14H18BrNO2. The Hall–Kier alpha value is -1.03. The monoisotopic (exact) mass is 311 g/mol. The molecule has 0 spiro atoms. The van der Waals surface area contributed by atoms with Gasteiger partial charge < -0.3 is 10.4 Å². The number of hydrogen-bond acceptors (Lipinski definition) is 2. The summed E-state index contributed by atoms with van der Waals surface area (Å²) in [6.45, 7) is 2.89. The second-order valence-electron chi connectivity index (χ2n) is 5.36. The first kappa shape index (κ1) is 13.4. The number of carbonyl (C=O) groups excluding carboxylic acids is 1. The molecule has 1 aromatic carbocycles. The molecule has 1 aromatic rings. The number of rotatable bonds is 3. The topological polar surface area (TPSA) is 49.3 Å². The van der Waals surface area contributed by atoms with Gasteiger partial charge in [-0.25, -0.2) is 0 Å². The highest BCUT2D eigenvalue weighted by Crippen LogP contribution is 2.36. The van der Waals surface area contributed by atoms with E-state index < -0.39 is 0 Å². The molecule has 18 heavy (non-hydrogen) atoms. The first-order chi connectivity index (χ1) is 8.50. The number of phenols is 1. The van der Waals surface area contributed by atoms with Crippen molar-refractivity contribution >= 4 is 21.8 Å². The predicted molar refractivity (Wildman–Crippen MR) is 74.7 cm³/mol. The van der Waals surface area contributed by atoms with Crippen LogP contribution in [0.2, 0.25) is 0 Å². The zero-order valence-electron chi connectivity index (χ0n) is 10.5. The highest BCUT2D eigenvalue weighted by Gasteiger charge is 2.29. The van der Waals surface area contributed by atoms with Gasteiger partial charge in [0.25, 0.3) is 5.91 Å². The minimum atomic E-state index is -0.201. The Kier molecular flexibility index (Phi) is 3.95. The van der Waals surface area contributed by atoms with E-state index in [0.717, 1.165) is 4.47 Å². The largest absolute Gasteiger partial charge is 0.507 e. The summed E-state index contributed by atoms with van der Waals surface area (Å²) < 4.78 is 0.763. The van der Waals surface area contributed by atoms with Crippen molar-refractivity contribution in [3.05, 3.63) is 28.2 Å². The molecule has 98 valence electrons. The normalized spacial score (nSPS) is 17.7. The van der Waals surface area contributed by atoms with Crippen LogP contribution < -0.4 is 5.32 Å². The Morgan fingerprint density at radius 3 is 2.72 bits per heavy atom. The first-order valence-corrected chi connectivity index (χ1v) is 7.06. The molecule has 2 rings (SSSR count). The molecular weight excluding hydrogens is 294 g/mol. The van der Waals surface area contributed by atoms with Gasteiger partial charge in [0.1, 0.15) is 5.75 Å². The van der Waals surface area contributed by atoms with Crippen LogP contribution in [-0.2, 0) is 0 Å². The summed E-state index contributed by atoms with van der Waals surface area (Å²) in [5.41, 5.74) is 0.556. The van der Waals surface area contributed by atoms with Crippen LogP contribution >= 0.6 is 15.9 Å². The zero-order chi connectivity index (χ0) is 13.2. The van der Waals surface area contributed by atoms with E-state index in [0.29, 0.717) is 12.1 Å². The molecule has 0 heterocycles. The van der Waals surface area contributed by atoms with Gasteiger partial charge in [-0.2, -0.15) is 0 Å². The van der Waals surface area contributed by atoms with Crippen LogP contribution in [-0.4, -0.2) is 17.6 Å². The molecule has 0 unspecified atom stereocenters. The van der Waals surface area contributed by atoms with Gasteiger partial charge in [0, 0.05) is 11.0 Å². The lowest BCUT2D eigenvalue weighted by Gasteiger charge is -2.23. The van der Waals surface area contributed by atoms with Crippen molar-refractivity contribution in [2.75, 3.05) is 6.54 Å². The Morgan fingerprint density at radius 1 is 1.44 bits per heavy atom. The number of carbonyl (C=O) groups is 1. The highest BCUT2D eigenvalue weighted by atomic mass is 79.9. The summed E-state index contributed by atoms with van der Waals surface area (Å²) in [7, 11) is 0. The molecule has 0 bridgehead atoms. The van der Waals surface area contributed by atoms with Crippen LogP contribution in [0.3, 0.4) is 0 Å². The van der Waals surface area contributed by atoms with Gasteiger partial charge in [-0.05, 0) is 36.5 Å². The van der Waals surface area contributed by atoms with Gasteiger partial charge in [-0.1, -0.05) is 35.7 Å². The Bertz CT molecular complexity index is 453. The second kappa shape index (κ2) is 5.31. The predicted octanol–water partition coefficient (Wildman–Crippen LogP) is 3.46. The van der Waals surface area contributed by atoms with E-state index in [1.807, 2.05) is 0 Å². The van der Waals surface area contributed by atoms with E-state index in [-0.39, 0.29) is 17.1 Å². The van der Waals surface area contributed by atoms with Gasteiger partial charge >= 0.3 is 0 Å². The summed E-state index contributed by atoms with van der Waals surface area (Å²) >= 11 is 3.26. The molecule has 1 aliphatic carbocycles. The van der Waals surface area contributed by atoms with Gasteiger partial charge in [0.2, 0.25) is 0 Å². The standard InChI is InChI=1S/C14H18BrNO2/c1-14(6-2-3-7-14)9-16-13(18)11-5-4-10(15)8-12(11)17/h4-5,8,17H,2-3,6-7,9H2,1H3,(H,16,18). The smallest absolute Gasteiger partial charge is 0.255 e. The number of aromatic hydroxyl groups is 1. The lowest BCUT2D eigenvalue weighted by Crippen LogP contribution is -2.34. The van der Waals surface area contributed by atoms with Gasteiger partial charge in [-0.3, -0.25) is 4.79 Å². The van der Waals surface area contributed by atoms with E-state index in [2.05, 4.69) is 28.2 Å². The summed E-state index contributed by atoms with van der Waals surface area (Å²) in [5.74, 6) is -0.188. The zero-order valence-corrected chi connectivity index (χ0v) is 12.1. The summed E-state index contributed by atoms with van der Waals surface area (Å²) in [6.07, 6.45) is 4.82. The number of nitrogens with one attached hydrogen (secondary N) is 1. The van der Waals surface area contributed by atoms with Gasteiger partial charge in [0.05, 0.1) is 5.56 Å². The summed E-state index contributed by atoms with van der Waals surface area (Å²) in [6, 6.07) is 4.92. The second-order valence-corrected chi connectivity index (χ2v) is 6.28. The fraction of sp³-hybridized carbons (Fsp3) is 0.500. The van der Waals surface area contributed by atoms with Crippen LogP contribution in [0.4, 0.5) is 0 Å². The number of benzene rings is 1.